The fourth-order valence-corrected chi connectivity index (χ4v) is 2.45. The van der Waals surface area contributed by atoms with E-state index in [1.165, 1.54) is 12.3 Å². The van der Waals surface area contributed by atoms with Gasteiger partial charge in [0.1, 0.15) is 5.69 Å². The molecule has 0 radical (unpaired) electrons. The quantitative estimate of drug-likeness (QED) is 0.480. The summed E-state index contributed by atoms with van der Waals surface area (Å²) in [5.41, 5.74) is 6.41. The maximum Gasteiger partial charge on any atom is 0.319 e. The fourth-order valence-electron chi connectivity index (χ4n) is 2.45. The molecule has 150 valence electrons. The van der Waals surface area contributed by atoms with Crippen molar-refractivity contribution in [3.63, 3.8) is 0 Å². The molecule has 0 unspecified atom stereocenters. The van der Waals surface area contributed by atoms with Gasteiger partial charge in [-0.05, 0) is 24.3 Å². The molecule has 0 aliphatic carbocycles. The molecular weight excluding hydrogens is 380 g/mol. The minimum atomic E-state index is -0.516. The summed E-state index contributed by atoms with van der Waals surface area (Å²) in [6.07, 6.45) is 1.36. The van der Waals surface area contributed by atoms with E-state index in [0.29, 0.717) is 17.1 Å². The third-order valence-corrected chi connectivity index (χ3v) is 3.76. The normalized spacial score (nSPS) is 12.1. The van der Waals surface area contributed by atoms with Crippen molar-refractivity contribution >= 4 is 40.8 Å². The van der Waals surface area contributed by atoms with Crippen molar-refractivity contribution < 1.29 is 23.9 Å². The van der Waals surface area contributed by atoms with Crippen LogP contribution in [0.4, 0.5) is 21.9 Å². The smallest absolute Gasteiger partial charge is 0.319 e. The van der Waals surface area contributed by atoms with Crippen LogP contribution in [0.1, 0.15) is 16.8 Å². The first-order valence-electron chi connectivity index (χ1n) is 8.58. The summed E-state index contributed by atoms with van der Waals surface area (Å²) in [6.45, 7) is -0.00931. The van der Waals surface area contributed by atoms with Crippen LogP contribution in [-0.4, -0.2) is 41.9 Å². The predicted molar refractivity (Wildman–Crippen MR) is 104 cm³/mol. The molecule has 3 rings (SSSR count). The van der Waals surface area contributed by atoms with Gasteiger partial charge in [-0.25, -0.2) is 9.78 Å². The second-order valence-electron chi connectivity index (χ2n) is 6.05. The van der Waals surface area contributed by atoms with Gasteiger partial charge in [-0.15, -0.1) is 0 Å². The van der Waals surface area contributed by atoms with Gasteiger partial charge in [0.15, 0.2) is 6.61 Å². The Hall–Kier alpha value is -4.15. The molecule has 1 aliphatic rings. The zero-order valence-electron chi connectivity index (χ0n) is 15.2. The van der Waals surface area contributed by atoms with Gasteiger partial charge in [0.2, 0.25) is 11.8 Å². The Morgan fingerprint density at radius 1 is 1.17 bits per heavy atom. The lowest BCUT2D eigenvalue weighted by atomic mass is 10.2. The lowest BCUT2D eigenvalue weighted by Gasteiger charge is -2.17. The first kappa shape index (κ1) is 19.6. The van der Waals surface area contributed by atoms with E-state index in [4.69, 9.17) is 10.5 Å². The molecule has 1 aromatic heterocycles. The molecule has 0 spiro atoms. The number of amides is 5. The van der Waals surface area contributed by atoms with E-state index < -0.39 is 17.8 Å². The largest absolute Gasteiger partial charge is 0.466 e. The van der Waals surface area contributed by atoms with E-state index in [1.54, 1.807) is 24.3 Å². The zero-order chi connectivity index (χ0) is 20.8. The standard InChI is InChI=1S/C18H18N6O5/c19-14(25)4-5-20-18(28)23-12-3-1-2-11(7-12)22-16(27)10-6-13-17(21-8-10)29-9-15(26)24-13/h1-3,6-8H,4-5,9H2,(H2,19,25)(H,22,27)(H,24,26)(H2,20,23,28). The molecular formula is C18H18N6O5. The number of nitrogens with zero attached hydrogens (tertiary/aromatic N) is 1. The molecule has 0 bridgehead atoms. The molecule has 29 heavy (non-hydrogen) atoms. The summed E-state index contributed by atoms with van der Waals surface area (Å²) < 4.78 is 5.16. The van der Waals surface area contributed by atoms with Gasteiger partial charge < -0.3 is 31.7 Å². The van der Waals surface area contributed by atoms with Gasteiger partial charge in [0.05, 0.1) is 5.56 Å². The highest BCUT2D eigenvalue weighted by Crippen LogP contribution is 2.26. The summed E-state index contributed by atoms with van der Waals surface area (Å²) in [5, 5.41) is 10.3. The van der Waals surface area contributed by atoms with Crippen molar-refractivity contribution in [2.45, 2.75) is 6.42 Å². The molecule has 5 amide bonds. The number of aromatic nitrogens is 1. The molecule has 0 atom stereocenters. The molecule has 2 heterocycles. The van der Waals surface area contributed by atoms with Crippen LogP contribution >= 0.6 is 0 Å². The molecule has 6 N–H and O–H groups in total. The van der Waals surface area contributed by atoms with Crippen molar-refractivity contribution in [3.05, 3.63) is 42.1 Å². The van der Waals surface area contributed by atoms with Crippen molar-refractivity contribution in [2.75, 3.05) is 29.1 Å². The number of pyridine rings is 1. The van der Waals surface area contributed by atoms with Gasteiger partial charge >= 0.3 is 6.03 Å². The molecule has 11 nitrogen and oxygen atoms in total. The van der Waals surface area contributed by atoms with Crippen LogP contribution < -0.4 is 31.7 Å². The van der Waals surface area contributed by atoms with Crippen LogP contribution in [-0.2, 0) is 9.59 Å². The second-order valence-corrected chi connectivity index (χ2v) is 6.05. The summed E-state index contributed by atoms with van der Waals surface area (Å²) in [7, 11) is 0. The average Bonchev–Trinajstić information content (AvgIpc) is 2.67. The van der Waals surface area contributed by atoms with Crippen LogP contribution in [0.5, 0.6) is 5.88 Å². The number of hydrogen-bond acceptors (Lipinski definition) is 6. The Kier molecular flexibility index (Phi) is 5.88. The lowest BCUT2D eigenvalue weighted by Crippen LogP contribution is -2.31. The predicted octanol–water partition coefficient (Wildman–Crippen LogP) is 0.662. The topological polar surface area (TPSA) is 165 Å². The van der Waals surface area contributed by atoms with E-state index in [0.717, 1.165) is 0 Å². The number of primary amides is 1. The van der Waals surface area contributed by atoms with Crippen molar-refractivity contribution in [1.29, 1.82) is 0 Å². The van der Waals surface area contributed by atoms with Crippen LogP contribution in [0.3, 0.4) is 0 Å². The number of rotatable bonds is 6. The third kappa shape index (κ3) is 5.42. The summed E-state index contributed by atoms with van der Waals surface area (Å²) in [6, 6.07) is 7.44. The fraction of sp³-hybridized carbons (Fsp3) is 0.167. The van der Waals surface area contributed by atoms with Crippen molar-refractivity contribution in [2.24, 2.45) is 5.73 Å². The molecule has 2 aromatic rings. The Balaban J connectivity index is 1.62. The number of fused-ring (bicyclic) bond motifs is 1. The van der Waals surface area contributed by atoms with Gasteiger partial charge in [0.25, 0.3) is 11.8 Å². The SMILES string of the molecule is NC(=O)CCNC(=O)Nc1cccc(NC(=O)c2cnc3c(c2)NC(=O)CO3)c1. The average molecular weight is 398 g/mol. The number of ether oxygens (including phenoxy) is 1. The van der Waals surface area contributed by atoms with Crippen molar-refractivity contribution in [1.82, 2.24) is 10.3 Å². The molecule has 1 aromatic carbocycles. The first-order chi connectivity index (χ1) is 13.9. The minimum Gasteiger partial charge on any atom is -0.466 e. The van der Waals surface area contributed by atoms with Crippen LogP contribution in [0.25, 0.3) is 0 Å². The molecule has 1 aliphatic heterocycles. The first-order valence-corrected chi connectivity index (χ1v) is 8.58. The van der Waals surface area contributed by atoms with Crippen LogP contribution in [0, 0.1) is 0 Å². The van der Waals surface area contributed by atoms with E-state index >= 15 is 0 Å². The van der Waals surface area contributed by atoms with Gasteiger partial charge in [-0.2, -0.15) is 0 Å². The van der Waals surface area contributed by atoms with Crippen LogP contribution in [0.2, 0.25) is 0 Å². The highest BCUT2D eigenvalue weighted by molar-refractivity contribution is 6.06. The van der Waals surface area contributed by atoms with E-state index in [-0.39, 0.29) is 36.9 Å². The number of nitrogens with one attached hydrogen (secondary N) is 4. The van der Waals surface area contributed by atoms with E-state index in [9.17, 15) is 19.2 Å². The van der Waals surface area contributed by atoms with Crippen LogP contribution in [0.15, 0.2) is 36.5 Å². The summed E-state index contributed by atoms with van der Waals surface area (Å²) in [4.78, 5) is 50.4. The number of nitrogens with two attached hydrogens (primary N) is 1. The monoisotopic (exact) mass is 398 g/mol. The molecule has 11 heteroatoms. The highest BCUT2D eigenvalue weighted by atomic mass is 16.5. The third-order valence-electron chi connectivity index (χ3n) is 3.76. The molecule has 0 fully saturated rings. The minimum absolute atomic E-state index is 0.0316. The van der Waals surface area contributed by atoms with Gasteiger partial charge in [-0.1, -0.05) is 6.07 Å². The number of anilines is 3. The van der Waals surface area contributed by atoms with Gasteiger partial charge in [-0.3, -0.25) is 14.4 Å². The van der Waals surface area contributed by atoms with Crippen molar-refractivity contribution in [3.8, 4) is 5.88 Å². The van der Waals surface area contributed by atoms with Gasteiger partial charge in [0, 0.05) is 30.5 Å². The number of carbonyl (C=O) groups is 4. The number of hydrogen-bond donors (Lipinski definition) is 5. The Bertz CT molecular complexity index is 977. The maximum atomic E-state index is 12.5. The van der Waals surface area contributed by atoms with E-state index in [2.05, 4.69) is 26.3 Å². The number of carbonyl (C=O) groups excluding carboxylic acids is 4. The molecule has 0 saturated heterocycles. The zero-order valence-corrected chi connectivity index (χ0v) is 15.2. The number of urea groups is 1. The number of benzene rings is 1. The van der Waals surface area contributed by atoms with E-state index in [1.807, 2.05) is 0 Å². The summed E-state index contributed by atoms with van der Waals surface area (Å²) >= 11 is 0. The maximum absolute atomic E-state index is 12.5. The summed E-state index contributed by atoms with van der Waals surface area (Å²) in [5.74, 6) is -1.06. The lowest BCUT2D eigenvalue weighted by molar-refractivity contribution is -0.119. The Morgan fingerprint density at radius 3 is 2.69 bits per heavy atom. The Morgan fingerprint density at radius 2 is 1.93 bits per heavy atom. The second kappa shape index (κ2) is 8.69. The molecule has 0 saturated carbocycles. The Labute approximate surface area is 165 Å². The highest BCUT2D eigenvalue weighted by Gasteiger charge is 2.19.